The topological polar surface area (TPSA) is 47.6 Å². The van der Waals surface area contributed by atoms with Crippen LogP contribution in [0.25, 0.3) is 0 Å². The summed E-state index contributed by atoms with van der Waals surface area (Å²) in [6.07, 6.45) is 0. The van der Waals surface area contributed by atoms with Crippen molar-refractivity contribution in [2.24, 2.45) is 0 Å². The Morgan fingerprint density at radius 1 is 1.05 bits per heavy atom. The van der Waals surface area contributed by atoms with Crippen molar-refractivity contribution in [2.75, 3.05) is 18.9 Å². The van der Waals surface area contributed by atoms with E-state index in [-0.39, 0.29) is 0 Å². The van der Waals surface area contributed by atoms with E-state index in [1.54, 1.807) is 50.6 Å². The predicted molar refractivity (Wildman–Crippen MR) is 85.8 cm³/mol. The molecule has 21 heavy (non-hydrogen) atoms. The largest absolute Gasteiger partial charge is 0.496 e. The van der Waals surface area contributed by atoms with Gasteiger partial charge in [-0.15, -0.1) is 0 Å². The molecule has 0 fully saturated rings. The zero-order valence-electron chi connectivity index (χ0n) is 12.0. The van der Waals surface area contributed by atoms with E-state index in [0.29, 0.717) is 27.1 Å². The summed E-state index contributed by atoms with van der Waals surface area (Å²) in [6, 6.07) is 10.5. The van der Waals surface area contributed by atoms with E-state index < -0.39 is 11.0 Å². The Kier molecular flexibility index (Phi) is 5.09. The molecule has 0 radical (unpaired) electrons. The Balaban J connectivity index is 2.30. The van der Waals surface area contributed by atoms with Gasteiger partial charge in [-0.05, 0) is 43.3 Å². The van der Waals surface area contributed by atoms with Gasteiger partial charge in [-0.3, -0.25) is 0 Å². The molecule has 0 aliphatic carbocycles. The maximum atomic E-state index is 12.5. The molecule has 0 saturated carbocycles. The number of anilines is 1. The molecule has 2 rings (SSSR count). The van der Waals surface area contributed by atoms with Gasteiger partial charge in [-0.25, -0.2) is 4.21 Å². The van der Waals surface area contributed by atoms with Crippen LogP contribution in [0.15, 0.2) is 41.3 Å². The maximum absolute atomic E-state index is 12.5. The number of hydrogen-bond acceptors (Lipinski definition) is 3. The molecule has 2 aromatic rings. The van der Waals surface area contributed by atoms with Gasteiger partial charge in [0.2, 0.25) is 0 Å². The molecule has 0 aliphatic rings. The van der Waals surface area contributed by atoms with Crippen molar-refractivity contribution in [2.45, 2.75) is 11.8 Å². The third-order valence-corrected chi connectivity index (χ3v) is 4.39. The van der Waals surface area contributed by atoms with E-state index in [1.807, 2.05) is 6.92 Å². The number of rotatable bonds is 5. The summed E-state index contributed by atoms with van der Waals surface area (Å²) in [5.74, 6) is 1.24. The summed E-state index contributed by atoms with van der Waals surface area (Å²) in [7, 11) is 1.69. The summed E-state index contributed by atoms with van der Waals surface area (Å²) in [4.78, 5) is 0.561. The van der Waals surface area contributed by atoms with Crippen LogP contribution in [0, 0.1) is 6.92 Å². The second-order valence-electron chi connectivity index (χ2n) is 4.30. The number of halogens is 1. The Labute approximate surface area is 131 Å². The third kappa shape index (κ3) is 3.49. The normalized spacial score (nSPS) is 11.8. The minimum Gasteiger partial charge on any atom is -0.496 e. The van der Waals surface area contributed by atoms with Crippen LogP contribution in [0.3, 0.4) is 0 Å². The molecule has 1 atom stereocenters. The van der Waals surface area contributed by atoms with Gasteiger partial charge in [0.1, 0.15) is 16.4 Å². The molecule has 0 aromatic heterocycles. The van der Waals surface area contributed by atoms with Crippen molar-refractivity contribution in [3.63, 3.8) is 0 Å². The Morgan fingerprint density at radius 2 is 1.71 bits per heavy atom. The van der Waals surface area contributed by atoms with Gasteiger partial charge >= 0.3 is 0 Å². The van der Waals surface area contributed by atoms with Crippen LogP contribution >= 0.6 is 11.6 Å². The Morgan fingerprint density at radius 3 is 2.29 bits per heavy atom. The Hall–Kier alpha value is -1.72. The summed E-state index contributed by atoms with van der Waals surface area (Å²) in [5.41, 5.74) is 1.53. The van der Waals surface area contributed by atoms with Crippen LogP contribution in [0.5, 0.6) is 11.5 Å². The molecule has 112 valence electrons. The zero-order valence-corrected chi connectivity index (χ0v) is 13.5. The van der Waals surface area contributed by atoms with E-state index in [2.05, 4.69) is 4.72 Å². The molecule has 0 bridgehead atoms. The third-order valence-electron chi connectivity index (χ3n) is 3.00. The lowest BCUT2D eigenvalue weighted by Crippen LogP contribution is -2.07. The molecule has 0 spiro atoms. The molecule has 1 N–H and O–H groups in total. The van der Waals surface area contributed by atoms with Crippen molar-refractivity contribution in [1.29, 1.82) is 0 Å². The maximum Gasteiger partial charge on any atom is 0.154 e. The summed E-state index contributed by atoms with van der Waals surface area (Å²) < 4.78 is 26.0. The fourth-order valence-electron chi connectivity index (χ4n) is 1.95. The van der Waals surface area contributed by atoms with Crippen molar-refractivity contribution in [3.05, 3.63) is 47.0 Å². The van der Waals surface area contributed by atoms with Crippen molar-refractivity contribution in [1.82, 2.24) is 0 Å². The number of nitrogens with one attached hydrogen (secondary N) is 1. The van der Waals surface area contributed by atoms with Crippen LogP contribution in [-0.4, -0.2) is 18.4 Å². The zero-order chi connectivity index (χ0) is 15.4. The SMILES string of the molecule is COc1ccc([S@@](=O)Nc2ccc(Cl)cc2)c(OC)c1C. The lowest BCUT2D eigenvalue weighted by atomic mass is 10.2. The molecule has 0 aliphatic heterocycles. The van der Waals surface area contributed by atoms with E-state index >= 15 is 0 Å². The molecular weight excluding hydrogens is 310 g/mol. The summed E-state index contributed by atoms with van der Waals surface area (Å²) >= 11 is 5.83. The lowest BCUT2D eigenvalue weighted by Gasteiger charge is -2.14. The molecule has 6 heteroatoms. The molecule has 0 heterocycles. The van der Waals surface area contributed by atoms with Crippen molar-refractivity contribution >= 4 is 28.3 Å². The van der Waals surface area contributed by atoms with E-state index in [0.717, 1.165) is 5.56 Å². The van der Waals surface area contributed by atoms with Gasteiger partial charge < -0.3 is 14.2 Å². The van der Waals surface area contributed by atoms with Crippen LogP contribution in [-0.2, 0) is 11.0 Å². The van der Waals surface area contributed by atoms with Gasteiger partial charge in [-0.2, -0.15) is 0 Å². The quantitative estimate of drug-likeness (QED) is 0.909. The second kappa shape index (κ2) is 6.83. The predicted octanol–water partition coefficient (Wildman–Crippen LogP) is 3.80. The number of ether oxygens (including phenoxy) is 2. The number of methoxy groups -OCH3 is 2. The molecule has 0 amide bonds. The fraction of sp³-hybridized carbons (Fsp3) is 0.200. The first-order valence-corrected chi connectivity index (χ1v) is 7.75. The van der Waals surface area contributed by atoms with E-state index in [4.69, 9.17) is 21.1 Å². The first-order chi connectivity index (χ1) is 10.1. The van der Waals surface area contributed by atoms with Crippen LogP contribution in [0.2, 0.25) is 5.02 Å². The smallest absolute Gasteiger partial charge is 0.154 e. The first kappa shape index (κ1) is 15.7. The second-order valence-corrected chi connectivity index (χ2v) is 5.92. The van der Waals surface area contributed by atoms with Crippen LogP contribution < -0.4 is 14.2 Å². The van der Waals surface area contributed by atoms with Crippen molar-refractivity contribution in [3.8, 4) is 11.5 Å². The molecule has 0 unspecified atom stereocenters. The van der Waals surface area contributed by atoms with E-state index in [1.165, 1.54) is 0 Å². The highest BCUT2D eigenvalue weighted by Gasteiger charge is 2.16. The minimum absolute atomic E-state index is 0.550. The minimum atomic E-state index is -1.45. The summed E-state index contributed by atoms with van der Waals surface area (Å²) in [5, 5.41) is 0.629. The van der Waals surface area contributed by atoms with Crippen LogP contribution in [0.1, 0.15) is 5.56 Å². The number of benzene rings is 2. The number of hydrogen-bond donors (Lipinski definition) is 1. The average Bonchev–Trinajstić information content (AvgIpc) is 2.49. The van der Waals surface area contributed by atoms with Gasteiger partial charge in [0.05, 0.1) is 14.2 Å². The van der Waals surface area contributed by atoms with E-state index in [9.17, 15) is 4.21 Å². The highest BCUT2D eigenvalue weighted by atomic mass is 35.5. The molecule has 4 nitrogen and oxygen atoms in total. The monoisotopic (exact) mass is 325 g/mol. The first-order valence-electron chi connectivity index (χ1n) is 6.22. The van der Waals surface area contributed by atoms with Crippen molar-refractivity contribution < 1.29 is 13.7 Å². The molecule has 0 saturated heterocycles. The Bertz CT molecular complexity index is 659. The lowest BCUT2D eigenvalue weighted by molar-refractivity contribution is 0.381. The summed E-state index contributed by atoms with van der Waals surface area (Å²) in [6.45, 7) is 1.86. The average molecular weight is 326 g/mol. The van der Waals surface area contributed by atoms with Gasteiger partial charge in [-0.1, -0.05) is 11.6 Å². The van der Waals surface area contributed by atoms with Gasteiger partial charge in [0, 0.05) is 16.3 Å². The van der Waals surface area contributed by atoms with Gasteiger partial charge in [0.15, 0.2) is 11.0 Å². The standard InChI is InChI=1S/C15H16ClNO3S/c1-10-13(19-2)8-9-14(15(10)20-3)21(18)17-12-6-4-11(16)5-7-12/h4-9,17H,1-3H3/t21-/m1/s1. The van der Waals surface area contributed by atoms with Gasteiger partial charge in [0.25, 0.3) is 0 Å². The highest BCUT2D eigenvalue weighted by Crippen LogP contribution is 2.33. The fourth-order valence-corrected chi connectivity index (χ4v) is 3.13. The molecular formula is C15H16ClNO3S. The highest BCUT2D eigenvalue weighted by molar-refractivity contribution is 7.86. The van der Waals surface area contributed by atoms with Crippen LogP contribution in [0.4, 0.5) is 5.69 Å². The molecule has 2 aromatic carbocycles.